The largest absolute Gasteiger partial charge is 0.497 e. The van der Waals surface area contributed by atoms with E-state index < -0.39 is 23.5 Å². The molecule has 1 aromatic heterocycles. The third-order valence-corrected chi connectivity index (χ3v) is 6.69. The van der Waals surface area contributed by atoms with Crippen LogP contribution in [0.2, 0.25) is 0 Å². The van der Waals surface area contributed by atoms with Crippen LogP contribution >= 0.6 is 11.3 Å². The van der Waals surface area contributed by atoms with Gasteiger partial charge in [-0.1, -0.05) is 17.4 Å². The van der Waals surface area contributed by atoms with Crippen molar-refractivity contribution in [2.45, 2.75) is 12.5 Å². The SMILES string of the molecule is COc1cccc(N2C[C@@H](C(=O)OC3CN(c4nc5c(F)cc(F)cc5s4)C3)CC2=O)c1. The van der Waals surface area contributed by atoms with E-state index in [-0.39, 0.29) is 30.5 Å². The van der Waals surface area contributed by atoms with Gasteiger partial charge in [0.15, 0.2) is 10.9 Å². The smallest absolute Gasteiger partial charge is 0.311 e. The number of benzene rings is 2. The van der Waals surface area contributed by atoms with E-state index in [4.69, 9.17) is 9.47 Å². The average Bonchev–Trinajstić information content (AvgIpc) is 3.34. The number of nitrogens with zero attached hydrogens (tertiary/aromatic N) is 3. The molecular weight excluding hydrogens is 440 g/mol. The van der Waals surface area contributed by atoms with Crippen LogP contribution in [0, 0.1) is 17.6 Å². The molecule has 1 atom stereocenters. The molecule has 2 fully saturated rings. The molecule has 2 saturated heterocycles. The molecule has 2 aromatic carbocycles. The molecule has 7 nitrogen and oxygen atoms in total. The van der Waals surface area contributed by atoms with Crippen LogP contribution < -0.4 is 14.5 Å². The number of rotatable bonds is 5. The van der Waals surface area contributed by atoms with E-state index in [1.54, 1.807) is 36.3 Å². The Morgan fingerprint density at radius 3 is 2.78 bits per heavy atom. The monoisotopic (exact) mass is 459 g/mol. The van der Waals surface area contributed by atoms with Crippen molar-refractivity contribution in [2.24, 2.45) is 5.92 Å². The first-order valence-corrected chi connectivity index (χ1v) is 10.9. The number of methoxy groups -OCH3 is 1. The van der Waals surface area contributed by atoms with Crippen LogP contribution in [0.1, 0.15) is 6.42 Å². The van der Waals surface area contributed by atoms with E-state index in [0.717, 1.165) is 6.07 Å². The van der Waals surface area contributed by atoms with Gasteiger partial charge in [-0.15, -0.1) is 0 Å². The minimum atomic E-state index is -0.697. The molecule has 3 heterocycles. The fraction of sp³-hybridized carbons (Fsp3) is 0.318. The first kappa shape index (κ1) is 20.6. The van der Waals surface area contributed by atoms with Crippen molar-refractivity contribution < 1.29 is 27.8 Å². The van der Waals surface area contributed by atoms with Crippen molar-refractivity contribution >= 4 is 44.2 Å². The summed E-state index contributed by atoms with van der Waals surface area (Å²) in [6.45, 7) is 1.08. The number of aromatic nitrogens is 1. The van der Waals surface area contributed by atoms with E-state index in [1.165, 1.54) is 17.4 Å². The molecule has 0 spiro atoms. The second-order valence-electron chi connectivity index (χ2n) is 7.80. The fourth-order valence-electron chi connectivity index (χ4n) is 3.90. The summed E-state index contributed by atoms with van der Waals surface area (Å²) in [5.74, 6) is -1.80. The number of hydrogen-bond acceptors (Lipinski definition) is 7. The molecule has 5 rings (SSSR count). The number of anilines is 2. The van der Waals surface area contributed by atoms with E-state index in [0.29, 0.717) is 34.4 Å². The van der Waals surface area contributed by atoms with Crippen LogP contribution in [0.4, 0.5) is 19.6 Å². The molecule has 0 unspecified atom stereocenters. The lowest BCUT2D eigenvalue weighted by molar-refractivity contribution is -0.154. The van der Waals surface area contributed by atoms with Crippen LogP contribution in [0.5, 0.6) is 5.75 Å². The van der Waals surface area contributed by atoms with Crippen LogP contribution in [0.3, 0.4) is 0 Å². The van der Waals surface area contributed by atoms with Gasteiger partial charge in [-0.05, 0) is 18.2 Å². The quantitative estimate of drug-likeness (QED) is 0.545. The zero-order valence-corrected chi connectivity index (χ0v) is 17.9. The van der Waals surface area contributed by atoms with E-state index in [1.807, 2.05) is 4.90 Å². The minimum absolute atomic E-state index is 0.0924. The summed E-state index contributed by atoms with van der Waals surface area (Å²) in [4.78, 5) is 32.7. The molecule has 0 N–H and O–H groups in total. The maximum Gasteiger partial charge on any atom is 0.311 e. The maximum absolute atomic E-state index is 13.9. The second-order valence-corrected chi connectivity index (χ2v) is 8.81. The number of fused-ring (bicyclic) bond motifs is 1. The van der Waals surface area contributed by atoms with Gasteiger partial charge in [-0.3, -0.25) is 9.59 Å². The lowest BCUT2D eigenvalue weighted by atomic mass is 10.1. The summed E-state index contributed by atoms with van der Waals surface area (Å²) in [7, 11) is 1.55. The third kappa shape index (κ3) is 3.75. The zero-order chi connectivity index (χ0) is 22.4. The molecule has 3 aromatic rings. The van der Waals surface area contributed by atoms with Crippen molar-refractivity contribution in [3.8, 4) is 5.75 Å². The minimum Gasteiger partial charge on any atom is -0.497 e. The second kappa shape index (κ2) is 8.01. The predicted octanol–water partition coefficient (Wildman–Crippen LogP) is 3.37. The summed E-state index contributed by atoms with van der Waals surface area (Å²) in [5, 5.41) is 0.553. The Bertz CT molecular complexity index is 1210. The molecule has 0 saturated carbocycles. The van der Waals surface area contributed by atoms with Gasteiger partial charge in [0.1, 0.15) is 23.2 Å². The topological polar surface area (TPSA) is 72.0 Å². The van der Waals surface area contributed by atoms with Gasteiger partial charge in [0.2, 0.25) is 5.91 Å². The molecule has 0 bridgehead atoms. The standard InChI is InChI=1S/C22H19F2N3O4S/c1-30-15-4-2-3-14(8-15)27-9-12(5-19(27)28)21(29)31-16-10-26(11-16)22-25-20-17(24)6-13(23)7-18(20)32-22/h2-4,6-8,12,16H,5,9-11H2,1H3/t12-/m0/s1. The van der Waals surface area contributed by atoms with Crippen molar-refractivity contribution in [3.63, 3.8) is 0 Å². The number of hydrogen-bond donors (Lipinski definition) is 0. The predicted molar refractivity (Wildman–Crippen MR) is 115 cm³/mol. The molecule has 2 aliphatic heterocycles. The Morgan fingerprint density at radius 2 is 2.00 bits per heavy atom. The Kier molecular flexibility index (Phi) is 5.16. The molecule has 2 aliphatic rings. The summed E-state index contributed by atoms with van der Waals surface area (Å²) in [6, 6.07) is 9.19. The molecule has 10 heteroatoms. The van der Waals surface area contributed by atoms with Gasteiger partial charge in [0.25, 0.3) is 0 Å². The Balaban J connectivity index is 1.18. The van der Waals surface area contributed by atoms with Gasteiger partial charge in [-0.25, -0.2) is 13.8 Å². The lowest BCUT2D eigenvalue weighted by Gasteiger charge is -2.38. The van der Waals surface area contributed by atoms with Crippen LogP contribution in [0.25, 0.3) is 10.2 Å². The Hall–Kier alpha value is -3.27. The van der Waals surface area contributed by atoms with E-state index >= 15 is 0 Å². The zero-order valence-electron chi connectivity index (χ0n) is 17.1. The number of halogens is 2. The maximum atomic E-state index is 13.9. The first-order chi connectivity index (χ1) is 15.4. The Morgan fingerprint density at radius 1 is 1.19 bits per heavy atom. The highest BCUT2D eigenvalue weighted by molar-refractivity contribution is 7.22. The van der Waals surface area contributed by atoms with Crippen molar-refractivity contribution in [3.05, 3.63) is 48.0 Å². The van der Waals surface area contributed by atoms with Crippen LogP contribution in [-0.2, 0) is 14.3 Å². The van der Waals surface area contributed by atoms with Crippen molar-refractivity contribution in [2.75, 3.05) is 36.5 Å². The fourth-order valence-corrected chi connectivity index (χ4v) is 4.93. The number of esters is 1. The molecule has 166 valence electrons. The number of carbonyl (C=O) groups excluding carboxylic acids is 2. The normalized spacial score (nSPS) is 18.8. The average molecular weight is 459 g/mol. The molecule has 0 radical (unpaired) electrons. The van der Waals surface area contributed by atoms with Crippen molar-refractivity contribution in [1.82, 2.24) is 4.98 Å². The van der Waals surface area contributed by atoms with Gasteiger partial charge in [-0.2, -0.15) is 0 Å². The Labute approximate surface area is 186 Å². The molecular formula is C22H19F2N3O4S. The van der Waals surface area contributed by atoms with Crippen LogP contribution in [0.15, 0.2) is 36.4 Å². The van der Waals surface area contributed by atoms with E-state index in [9.17, 15) is 18.4 Å². The molecule has 1 amide bonds. The molecule has 32 heavy (non-hydrogen) atoms. The van der Waals surface area contributed by atoms with Gasteiger partial charge >= 0.3 is 5.97 Å². The number of carbonyl (C=O) groups is 2. The van der Waals surface area contributed by atoms with E-state index in [2.05, 4.69) is 4.98 Å². The number of thiazole rings is 1. The summed E-state index contributed by atoms with van der Waals surface area (Å²) in [5.41, 5.74) is 0.813. The number of amides is 1. The highest BCUT2D eigenvalue weighted by atomic mass is 32.1. The molecule has 0 aliphatic carbocycles. The summed E-state index contributed by atoms with van der Waals surface area (Å²) in [6.07, 6.45) is -0.244. The first-order valence-electron chi connectivity index (χ1n) is 10.1. The highest BCUT2D eigenvalue weighted by Gasteiger charge is 2.39. The lowest BCUT2D eigenvalue weighted by Crippen LogP contribution is -2.53. The van der Waals surface area contributed by atoms with Gasteiger partial charge < -0.3 is 19.3 Å². The third-order valence-electron chi connectivity index (χ3n) is 5.63. The van der Waals surface area contributed by atoms with Gasteiger partial charge in [0.05, 0.1) is 30.8 Å². The summed E-state index contributed by atoms with van der Waals surface area (Å²) < 4.78 is 38.5. The summed E-state index contributed by atoms with van der Waals surface area (Å²) >= 11 is 1.19. The van der Waals surface area contributed by atoms with Gasteiger partial charge in [0, 0.05) is 30.8 Å². The number of ether oxygens (including phenoxy) is 2. The highest BCUT2D eigenvalue weighted by Crippen LogP contribution is 2.34. The van der Waals surface area contributed by atoms with Crippen LogP contribution in [-0.4, -0.2) is 49.7 Å². The van der Waals surface area contributed by atoms with Crippen molar-refractivity contribution in [1.29, 1.82) is 0 Å².